The molecule has 14 nitrogen and oxygen atoms in total. The van der Waals surface area contributed by atoms with E-state index in [-0.39, 0.29) is 30.9 Å². The van der Waals surface area contributed by atoms with Crippen molar-refractivity contribution in [2.75, 3.05) is 40.4 Å². The molecule has 2 aliphatic rings. The zero-order valence-corrected chi connectivity index (χ0v) is 47.4. The Hall–Kier alpha value is -3.98. The summed E-state index contributed by atoms with van der Waals surface area (Å²) < 4.78 is 31.0. The molecule has 0 unspecified atom stereocenters. The molecule has 0 aliphatic carbocycles. The van der Waals surface area contributed by atoms with Gasteiger partial charge in [0.15, 0.2) is 18.5 Å². The van der Waals surface area contributed by atoms with Crippen LogP contribution in [0.2, 0.25) is 0 Å². The number of nitrogens with one attached hydrogen (secondary N) is 1. The van der Waals surface area contributed by atoms with Crippen LogP contribution in [0.5, 0.6) is 0 Å². The number of unbranched alkanes of at least 4 members (excludes halogenated alkanes) is 5. The van der Waals surface area contributed by atoms with Crippen LogP contribution in [-0.2, 0) is 33.3 Å². The fraction of sp³-hybridized carbons (Fsp3) is 0.644. The maximum Gasteiger partial charge on any atom is 0.407 e. The molecule has 0 bridgehead atoms. The molecular weight excluding hydrogens is 958 g/mol. The first-order valence-electron chi connectivity index (χ1n) is 27.2. The zero-order chi connectivity index (χ0) is 54.4. The lowest BCUT2D eigenvalue weighted by atomic mass is 9.78. The number of hydrogen-bond donors (Lipinski definition) is 4. The van der Waals surface area contributed by atoms with Crippen molar-refractivity contribution in [3.05, 3.63) is 91.0 Å². The topological polar surface area (TPSA) is 177 Å². The van der Waals surface area contributed by atoms with Crippen LogP contribution < -0.4 is 21.2 Å². The molecule has 0 saturated carbocycles. The second kappa shape index (κ2) is 27.9. The molecule has 2 aliphatic heterocycles. The zero-order valence-electron chi connectivity index (χ0n) is 46.5. The van der Waals surface area contributed by atoms with Gasteiger partial charge < -0.3 is 49.2 Å². The van der Waals surface area contributed by atoms with E-state index in [2.05, 4.69) is 96.3 Å². The minimum absolute atomic E-state index is 0.180. The van der Waals surface area contributed by atoms with Gasteiger partial charge in [-0.25, -0.2) is 4.79 Å². The lowest BCUT2D eigenvalue weighted by Gasteiger charge is -2.47. The number of amides is 1. The summed E-state index contributed by atoms with van der Waals surface area (Å²) in [5.74, 6) is -3.51. The van der Waals surface area contributed by atoms with Gasteiger partial charge in [0.05, 0.1) is 42.0 Å². The van der Waals surface area contributed by atoms with Crippen molar-refractivity contribution in [2.24, 2.45) is 17.8 Å². The molecule has 3 aromatic carbocycles. The SMILES string of the molecule is CC[C@H]1OC(=O)[C@H](C)[C@@H](O)[C@H](C)[C@@H](O[C@@H]2O[C@H](C)C[C@H](N(C)C)[C@H]2OC(C)=O)[C@](C)(O)C[C@@H](C)CN(C)[C@H](C)[C@@H](OC(=O)NCCCCCCCC[P+](c2ccccc2)(c2ccccc2)c2ccccc2)[C@]1(C)O. The second-order valence-corrected chi connectivity index (χ2v) is 25.8. The number of cyclic esters (lactones) is 1. The Kier molecular flexibility index (Phi) is 22.9. The Balaban J connectivity index is 1.24. The number of hydrogen-bond acceptors (Lipinski definition) is 13. The van der Waals surface area contributed by atoms with Gasteiger partial charge in [-0.15, -0.1) is 0 Å². The molecular formula is C59H91N3O11P+. The summed E-state index contributed by atoms with van der Waals surface area (Å²) in [7, 11) is 3.76. The summed E-state index contributed by atoms with van der Waals surface area (Å²) in [5.41, 5.74) is -3.48. The van der Waals surface area contributed by atoms with Crippen molar-refractivity contribution in [3.8, 4) is 0 Å². The summed E-state index contributed by atoms with van der Waals surface area (Å²) in [4.78, 5) is 44.1. The third kappa shape index (κ3) is 15.6. The Morgan fingerprint density at radius 3 is 1.85 bits per heavy atom. The highest BCUT2D eigenvalue weighted by molar-refractivity contribution is 7.95. The predicted molar refractivity (Wildman–Crippen MR) is 294 cm³/mol. The van der Waals surface area contributed by atoms with Gasteiger partial charge in [-0.3, -0.25) is 14.5 Å². The van der Waals surface area contributed by atoms with E-state index >= 15 is 0 Å². The fourth-order valence-corrected chi connectivity index (χ4v) is 16.1. The Bertz CT molecular complexity index is 2070. The minimum atomic E-state index is -1.87. The number of carbonyl (C=O) groups is 3. The Labute approximate surface area is 443 Å². The van der Waals surface area contributed by atoms with E-state index in [1.54, 1.807) is 20.8 Å². The molecule has 0 aromatic heterocycles. The summed E-state index contributed by atoms with van der Waals surface area (Å²) in [6, 6.07) is 32.1. The van der Waals surface area contributed by atoms with Gasteiger partial charge in [0, 0.05) is 32.0 Å². The molecule has 2 saturated heterocycles. The summed E-state index contributed by atoms with van der Waals surface area (Å²) in [6.07, 6.45) is 0.262. The van der Waals surface area contributed by atoms with Gasteiger partial charge in [0.25, 0.3) is 0 Å². The maximum absolute atomic E-state index is 14.1. The van der Waals surface area contributed by atoms with Gasteiger partial charge in [-0.2, -0.15) is 0 Å². The van der Waals surface area contributed by atoms with Gasteiger partial charge in [0.1, 0.15) is 34.9 Å². The number of rotatable bonds is 18. The molecule has 15 heteroatoms. The monoisotopic (exact) mass is 1050 g/mol. The second-order valence-electron chi connectivity index (χ2n) is 22.2. The molecule has 412 valence electrons. The van der Waals surface area contributed by atoms with E-state index < -0.39 is 91.2 Å². The molecule has 74 heavy (non-hydrogen) atoms. The van der Waals surface area contributed by atoms with Crippen molar-refractivity contribution >= 4 is 41.2 Å². The molecule has 14 atom stereocenters. The highest BCUT2D eigenvalue weighted by atomic mass is 31.2. The van der Waals surface area contributed by atoms with Crippen LogP contribution in [0, 0.1) is 17.8 Å². The fourth-order valence-electron chi connectivity index (χ4n) is 11.7. The molecule has 0 radical (unpaired) electrons. The predicted octanol–water partition coefficient (Wildman–Crippen LogP) is 7.61. The maximum atomic E-state index is 14.1. The van der Waals surface area contributed by atoms with Crippen LogP contribution >= 0.6 is 7.26 Å². The smallest absolute Gasteiger partial charge is 0.407 e. The number of aliphatic hydroxyl groups excluding tert-OH is 1. The van der Waals surface area contributed by atoms with Crippen LogP contribution in [0.3, 0.4) is 0 Å². The van der Waals surface area contributed by atoms with Crippen molar-refractivity contribution in [1.29, 1.82) is 0 Å². The lowest BCUT2D eigenvalue weighted by molar-refractivity contribution is -0.301. The number of esters is 2. The quantitative estimate of drug-likeness (QED) is 0.0424. The lowest BCUT2D eigenvalue weighted by Crippen LogP contribution is -2.61. The van der Waals surface area contributed by atoms with Crippen molar-refractivity contribution in [2.45, 2.75) is 186 Å². The summed E-state index contributed by atoms with van der Waals surface area (Å²) >= 11 is 0. The third-order valence-electron chi connectivity index (χ3n) is 15.7. The van der Waals surface area contributed by atoms with E-state index in [1.807, 2.05) is 51.7 Å². The number of nitrogens with zero attached hydrogens (tertiary/aromatic N) is 2. The van der Waals surface area contributed by atoms with Crippen LogP contribution in [-0.4, -0.2) is 150 Å². The van der Waals surface area contributed by atoms with Gasteiger partial charge in [-0.05, 0) is 137 Å². The average molecular weight is 1050 g/mol. The van der Waals surface area contributed by atoms with E-state index in [0.29, 0.717) is 19.5 Å². The third-order valence-corrected chi connectivity index (χ3v) is 20.2. The summed E-state index contributed by atoms with van der Waals surface area (Å²) in [5, 5.41) is 44.0. The van der Waals surface area contributed by atoms with Crippen molar-refractivity contribution in [3.63, 3.8) is 0 Å². The highest BCUT2D eigenvalue weighted by Gasteiger charge is 2.52. The molecule has 4 N–H and O–H groups in total. The van der Waals surface area contributed by atoms with E-state index in [4.69, 9.17) is 23.7 Å². The molecule has 2 fully saturated rings. The first-order valence-corrected chi connectivity index (χ1v) is 29.2. The normalized spacial score (nSPS) is 31.9. The molecule has 3 aromatic rings. The highest BCUT2D eigenvalue weighted by Crippen LogP contribution is 2.56. The molecule has 1 amide bonds. The van der Waals surface area contributed by atoms with Crippen molar-refractivity contribution in [1.82, 2.24) is 15.1 Å². The van der Waals surface area contributed by atoms with E-state index in [9.17, 15) is 29.7 Å². The first kappa shape index (κ1) is 60.9. The largest absolute Gasteiger partial charge is 0.459 e. The standard InChI is InChI=1S/C59H90N3O11P/c1-13-50-59(9,68)54(73-57(66)60-35-27-16-14-15-17-28-36-74(46-29-21-18-22-30-46,47-31-23-19-24-32-47)48-33-25-20-26-34-48)44(6)62(12)39-40(2)38-58(8,67)53(42(4)51(64)43(5)55(65)71-50)72-56-52(70-45(7)63)49(61(10)11)37-41(3)69-56/h18-26,29-34,40-44,49-54,56,64,67-68H,13-17,27-28,35-39H2,1-12H3/p+1/t40-,41-,42+,43-,44-,49+,50-,51+,52-,53-,54-,56+,58-,59-/m1/s1. The number of alkyl carbamates (subject to hydrolysis) is 1. The van der Waals surface area contributed by atoms with Crippen LogP contribution in [0.15, 0.2) is 91.0 Å². The van der Waals surface area contributed by atoms with E-state index in [1.165, 1.54) is 36.7 Å². The summed E-state index contributed by atoms with van der Waals surface area (Å²) in [6.45, 7) is 16.0. The molecule has 0 spiro atoms. The van der Waals surface area contributed by atoms with Crippen LogP contribution in [0.1, 0.15) is 120 Å². The Morgan fingerprint density at radius 1 is 0.811 bits per heavy atom. The first-order chi connectivity index (χ1) is 35.0. The number of benzene rings is 3. The Morgan fingerprint density at radius 2 is 1.34 bits per heavy atom. The number of carbonyl (C=O) groups excluding carboxylic acids is 3. The average Bonchev–Trinajstić information content (AvgIpc) is 3.36. The number of ether oxygens (including phenoxy) is 5. The van der Waals surface area contributed by atoms with Gasteiger partial charge in [-0.1, -0.05) is 94.6 Å². The number of aliphatic hydroxyl groups is 3. The molecule has 5 rings (SSSR count). The van der Waals surface area contributed by atoms with Crippen LogP contribution in [0.25, 0.3) is 0 Å². The van der Waals surface area contributed by atoms with Gasteiger partial charge >= 0.3 is 18.0 Å². The van der Waals surface area contributed by atoms with Gasteiger partial charge in [0.2, 0.25) is 0 Å². The number of likely N-dealkylation sites (N-methyl/N-ethyl adjacent to an activating group) is 2. The van der Waals surface area contributed by atoms with Crippen LogP contribution in [0.4, 0.5) is 4.79 Å². The van der Waals surface area contributed by atoms with Crippen molar-refractivity contribution < 1.29 is 53.4 Å². The minimum Gasteiger partial charge on any atom is -0.459 e. The van der Waals surface area contributed by atoms with E-state index in [0.717, 1.165) is 44.7 Å². The molecule has 2 heterocycles.